The van der Waals surface area contributed by atoms with Gasteiger partial charge in [-0.15, -0.1) is 11.3 Å². The van der Waals surface area contributed by atoms with Crippen LogP contribution in [0.3, 0.4) is 0 Å². The van der Waals surface area contributed by atoms with Crippen molar-refractivity contribution < 1.29 is 4.42 Å². The summed E-state index contributed by atoms with van der Waals surface area (Å²) in [6.45, 7) is 0. The number of benzene rings is 8. The normalized spacial score (nSPS) is 11.8. The molecule has 4 heteroatoms. The smallest absolute Gasteiger partial charge is 0.135 e. The molecule has 11 rings (SSSR count). The maximum atomic E-state index is 6.20. The molecule has 0 bridgehead atoms. The number of hydrogen-bond donors (Lipinski definition) is 0. The molecule has 0 aliphatic heterocycles. The molecule has 0 fully saturated rings. The third-order valence-corrected chi connectivity index (χ3v) is 11.6. The maximum Gasteiger partial charge on any atom is 0.135 e. The standard InChI is InChI=1S/C49H30N2OS/c1-3-10-31(11-4-1)32-18-22-35(23-19-32)51(37-26-29-45-43(30-37)39-14-7-8-17-44(39)52-45)36-24-20-33(21-25-36)38-27-28-41-46-40(38)15-9-16-42(46)48-47(41)50-49(53-48)34-12-5-2-6-13-34/h1-30H. The zero-order valence-electron chi connectivity index (χ0n) is 28.5. The molecule has 10 aromatic rings. The quantitative estimate of drug-likeness (QED) is 0.173. The second kappa shape index (κ2) is 11.9. The number of fused-ring (bicyclic) bond motifs is 6. The van der Waals surface area contributed by atoms with E-state index in [9.17, 15) is 0 Å². The Morgan fingerprint density at radius 3 is 1.79 bits per heavy atom. The Morgan fingerprint density at radius 2 is 1.02 bits per heavy atom. The second-order valence-corrected chi connectivity index (χ2v) is 14.5. The van der Waals surface area contributed by atoms with E-state index in [1.807, 2.05) is 12.1 Å². The molecule has 0 N–H and O–H groups in total. The molecule has 0 radical (unpaired) electrons. The molecule has 53 heavy (non-hydrogen) atoms. The number of nitrogens with zero attached hydrogens (tertiary/aromatic N) is 2. The van der Waals surface area contributed by atoms with Gasteiger partial charge in [0.2, 0.25) is 0 Å². The van der Waals surface area contributed by atoms with E-state index in [1.165, 1.54) is 49.0 Å². The summed E-state index contributed by atoms with van der Waals surface area (Å²) in [5, 5.41) is 5.84. The number of para-hydroxylation sites is 1. The van der Waals surface area contributed by atoms with Crippen molar-refractivity contribution in [3.8, 4) is 54.5 Å². The highest BCUT2D eigenvalue weighted by Gasteiger charge is 2.27. The number of aromatic nitrogens is 1. The van der Waals surface area contributed by atoms with Crippen molar-refractivity contribution in [2.45, 2.75) is 0 Å². The molecule has 248 valence electrons. The average molecular weight is 695 g/mol. The van der Waals surface area contributed by atoms with Crippen LogP contribution in [-0.4, -0.2) is 4.98 Å². The molecular formula is C49H30N2OS. The van der Waals surface area contributed by atoms with Crippen molar-refractivity contribution in [1.29, 1.82) is 0 Å². The molecule has 0 spiro atoms. The highest BCUT2D eigenvalue weighted by Crippen LogP contribution is 2.53. The first kappa shape index (κ1) is 29.9. The summed E-state index contributed by atoms with van der Waals surface area (Å²) in [6.07, 6.45) is 0. The fourth-order valence-electron chi connectivity index (χ4n) is 7.96. The molecule has 8 aromatic carbocycles. The van der Waals surface area contributed by atoms with E-state index in [4.69, 9.17) is 9.40 Å². The van der Waals surface area contributed by atoms with Gasteiger partial charge in [-0.2, -0.15) is 0 Å². The van der Waals surface area contributed by atoms with Crippen LogP contribution in [0.5, 0.6) is 0 Å². The lowest BCUT2D eigenvalue weighted by Crippen LogP contribution is -2.09. The lowest BCUT2D eigenvalue weighted by molar-refractivity contribution is 0.669. The number of rotatable bonds is 6. The zero-order valence-corrected chi connectivity index (χ0v) is 29.3. The van der Waals surface area contributed by atoms with Gasteiger partial charge in [0, 0.05) is 49.9 Å². The van der Waals surface area contributed by atoms with Gasteiger partial charge in [0.1, 0.15) is 16.2 Å². The maximum absolute atomic E-state index is 6.20. The predicted octanol–water partition coefficient (Wildman–Crippen LogP) is 14.3. The highest BCUT2D eigenvalue weighted by atomic mass is 32.1. The van der Waals surface area contributed by atoms with Crippen LogP contribution >= 0.6 is 11.3 Å². The number of hydrogen-bond acceptors (Lipinski definition) is 4. The van der Waals surface area contributed by atoms with Crippen LogP contribution < -0.4 is 4.90 Å². The van der Waals surface area contributed by atoms with Crippen LogP contribution in [0.2, 0.25) is 0 Å². The molecule has 0 unspecified atom stereocenters. The number of anilines is 3. The first-order valence-electron chi connectivity index (χ1n) is 17.9. The minimum Gasteiger partial charge on any atom is -0.456 e. The summed E-state index contributed by atoms with van der Waals surface area (Å²) < 4.78 is 6.20. The van der Waals surface area contributed by atoms with E-state index >= 15 is 0 Å². The van der Waals surface area contributed by atoms with Crippen LogP contribution in [-0.2, 0) is 0 Å². The molecule has 3 nitrogen and oxygen atoms in total. The van der Waals surface area contributed by atoms with Crippen molar-refractivity contribution >= 4 is 61.1 Å². The third-order valence-electron chi connectivity index (χ3n) is 10.5. The first-order chi connectivity index (χ1) is 26.3. The van der Waals surface area contributed by atoms with Gasteiger partial charge in [-0.05, 0) is 76.2 Å². The Kier molecular flexibility index (Phi) is 6.73. The van der Waals surface area contributed by atoms with Gasteiger partial charge in [-0.3, -0.25) is 0 Å². The summed E-state index contributed by atoms with van der Waals surface area (Å²) in [5.74, 6) is 0. The van der Waals surface area contributed by atoms with Crippen molar-refractivity contribution in [1.82, 2.24) is 4.98 Å². The Balaban J connectivity index is 1.00. The van der Waals surface area contributed by atoms with Gasteiger partial charge in [0.25, 0.3) is 0 Å². The minimum absolute atomic E-state index is 0.887. The van der Waals surface area contributed by atoms with Crippen molar-refractivity contribution in [2.24, 2.45) is 0 Å². The Bertz CT molecular complexity index is 2950. The predicted molar refractivity (Wildman–Crippen MR) is 222 cm³/mol. The molecule has 0 amide bonds. The topological polar surface area (TPSA) is 29.3 Å². The van der Waals surface area contributed by atoms with E-state index in [0.717, 1.165) is 55.3 Å². The Hall–Kier alpha value is -6.75. The van der Waals surface area contributed by atoms with Crippen molar-refractivity contribution in [2.75, 3.05) is 4.90 Å². The molecule has 0 atom stereocenters. The van der Waals surface area contributed by atoms with Gasteiger partial charge >= 0.3 is 0 Å². The van der Waals surface area contributed by atoms with Gasteiger partial charge in [0.15, 0.2) is 0 Å². The first-order valence-corrected chi connectivity index (χ1v) is 18.7. The van der Waals surface area contributed by atoms with E-state index in [2.05, 4.69) is 175 Å². The van der Waals surface area contributed by atoms with Crippen molar-refractivity contribution in [3.63, 3.8) is 0 Å². The van der Waals surface area contributed by atoms with E-state index in [0.29, 0.717) is 0 Å². The van der Waals surface area contributed by atoms with Crippen LogP contribution in [0.15, 0.2) is 186 Å². The summed E-state index contributed by atoms with van der Waals surface area (Å²) in [6, 6.07) is 64.8. The van der Waals surface area contributed by atoms with Gasteiger partial charge < -0.3 is 9.32 Å². The van der Waals surface area contributed by atoms with Crippen LogP contribution in [0, 0.1) is 0 Å². The molecule has 2 heterocycles. The monoisotopic (exact) mass is 694 g/mol. The molecule has 2 aromatic heterocycles. The lowest BCUT2D eigenvalue weighted by Gasteiger charge is -2.26. The zero-order chi connectivity index (χ0) is 34.9. The SMILES string of the molecule is c1ccc(-c2ccc(N(c3ccc(-c4ccc5c6c(cccc46)-c4sc(-c6ccccc6)nc4-5)cc3)c3ccc4oc5ccccc5c4c3)cc2)cc1. The van der Waals surface area contributed by atoms with E-state index < -0.39 is 0 Å². The highest BCUT2D eigenvalue weighted by molar-refractivity contribution is 7.19. The third kappa shape index (κ3) is 4.84. The minimum atomic E-state index is 0.887. The molecule has 1 aliphatic carbocycles. The van der Waals surface area contributed by atoms with Gasteiger partial charge in [-0.1, -0.05) is 133 Å². The van der Waals surface area contributed by atoms with Gasteiger partial charge in [0.05, 0.1) is 10.6 Å². The van der Waals surface area contributed by atoms with Crippen LogP contribution in [0.4, 0.5) is 17.1 Å². The van der Waals surface area contributed by atoms with Crippen LogP contribution in [0.25, 0.3) is 87.2 Å². The van der Waals surface area contributed by atoms with E-state index in [-0.39, 0.29) is 0 Å². The Labute approximate surface area is 310 Å². The fourth-order valence-corrected chi connectivity index (χ4v) is 9.07. The largest absolute Gasteiger partial charge is 0.456 e. The molecule has 0 saturated heterocycles. The summed E-state index contributed by atoms with van der Waals surface area (Å²) >= 11 is 1.79. The second-order valence-electron chi connectivity index (χ2n) is 13.5. The van der Waals surface area contributed by atoms with E-state index in [1.54, 1.807) is 11.3 Å². The molecule has 0 saturated carbocycles. The summed E-state index contributed by atoms with van der Waals surface area (Å²) in [7, 11) is 0. The van der Waals surface area contributed by atoms with Crippen LogP contribution in [0.1, 0.15) is 0 Å². The fraction of sp³-hybridized carbons (Fsp3) is 0. The van der Waals surface area contributed by atoms with Crippen molar-refractivity contribution in [3.05, 3.63) is 182 Å². The summed E-state index contributed by atoms with van der Waals surface area (Å²) in [5.41, 5.74) is 14.6. The van der Waals surface area contributed by atoms with Gasteiger partial charge in [-0.25, -0.2) is 4.98 Å². The lowest BCUT2D eigenvalue weighted by atomic mass is 9.94. The Morgan fingerprint density at radius 1 is 0.415 bits per heavy atom. The number of furan rings is 1. The number of thiazole rings is 1. The average Bonchev–Trinajstić information content (AvgIpc) is 3.92. The summed E-state index contributed by atoms with van der Waals surface area (Å²) in [4.78, 5) is 8.75. The molecular weight excluding hydrogens is 665 g/mol. The molecule has 1 aliphatic rings.